The Hall–Kier alpha value is -1.05. The number of hydrogen-bond acceptors (Lipinski definition) is 1. The fourth-order valence-electron chi connectivity index (χ4n) is 1.85. The summed E-state index contributed by atoms with van der Waals surface area (Å²) in [6, 6.07) is 0. The van der Waals surface area contributed by atoms with Gasteiger partial charge in [0, 0.05) is 6.42 Å². The zero-order valence-electron chi connectivity index (χ0n) is 12.6. The summed E-state index contributed by atoms with van der Waals surface area (Å²) in [5.74, 6) is 0.129. The van der Waals surface area contributed by atoms with Crippen molar-refractivity contribution in [3.63, 3.8) is 0 Å². The Balaban J connectivity index is 3.24. The highest BCUT2D eigenvalue weighted by Gasteiger charge is 1.93. The molecule has 0 aromatic carbocycles. The fraction of sp³-hybridized carbons (Fsp3) is 0.706. The topological polar surface area (TPSA) is 37.3 Å². The van der Waals surface area contributed by atoms with E-state index >= 15 is 0 Å². The van der Waals surface area contributed by atoms with E-state index in [-0.39, 0.29) is 6.42 Å². The van der Waals surface area contributed by atoms with Gasteiger partial charge < -0.3 is 5.11 Å². The lowest BCUT2D eigenvalue weighted by Crippen LogP contribution is -1.92. The highest BCUT2D eigenvalue weighted by atomic mass is 16.4. The van der Waals surface area contributed by atoms with Crippen molar-refractivity contribution < 1.29 is 9.90 Å². The van der Waals surface area contributed by atoms with Crippen LogP contribution in [-0.2, 0) is 4.79 Å². The molecule has 110 valence electrons. The molecular weight excluding hydrogens is 236 g/mol. The molecule has 2 heteroatoms. The van der Waals surface area contributed by atoms with Crippen molar-refractivity contribution in [3.05, 3.63) is 24.3 Å². The summed E-state index contributed by atoms with van der Waals surface area (Å²) in [6.45, 7) is 4.55. The number of carboxylic acid groups (broad SMARTS) is 1. The number of allylic oxidation sites excluding steroid dienone is 4. The molecule has 0 bridgehead atoms. The van der Waals surface area contributed by atoms with E-state index in [1.54, 1.807) is 0 Å². The van der Waals surface area contributed by atoms with E-state index in [1.807, 2.05) is 0 Å². The van der Waals surface area contributed by atoms with Crippen LogP contribution >= 0.6 is 0 Å². The normalized spacial score (nSPS) is 11.9. The molecule has 0 heterocycles. The van der Waals surface area contributed by atoms with E-state index < -0.39 is 5.97 Å². The Labute approximate surface area is 118 Å². The van der Waals surface area contributed by atoms with E-state index in [2.05, 4.69) is 38.2 Å². The number of unbranched alkanes of at least 4 members (excludes halogenated alkanes) is 4. The Morgan fingerprint density at radius 3 is 1.95 bits per heavy atom. The van der Waals surface area contributed by atoms with Crippen molar-refractivity contribution in [1.82, 2.24) is 0 Å². The molecule has 0 fully saturated rings. The SMILES string of the molecule is CC(C)CCCC/C=C\CC/C=C\CCCC(=O)O. The van der Waals surface area contributed by atoms with E-state index in [0.29, 0.717) is 0 Å². The number of aliphatic carboxylic acids is 1. The van der Waals surface area contributed by atoms with Gasteiger partial charge in [0.2, 0.25) is 0 Å². The minimum Gasteiger partial charge on any atom is -0.481 e. The molecule has 0 atom stereocenters. The van der Waals surface area contributed by atoms with Gasteiger partial charge in [-0.3, -0.25) is 4.79 Å². The quantitative estimate of drug-likeness (QED) is 0.382. The lowest BCUT2D eigenvalue weighted by Gasteiger charge is -2.01. The van der Waals surface area contributed by atoms with E-state index in [4.69, 9.17) is 5.11 Å². The van der Waals surface area contributed by atoms with Crippen molar-refractivity contribution in [2.24, 2.45) is 5.92 Å². The maximum absolute atomic E-state index is 10.3. The molecule has 1 N–H and O–H groups in total. The van der Waals surface area contributed by atoms with Crippen LogP contribution in [0.2, 0.25) is 0 Å². The molecule has 0 saturated heterocycles. The number of carboxylic acids is 1. The van der Waals surface area contributed by atoms with Crippen LogP contribution < -0.4 is 0 Å². The second-order valence-corrected chi connectivity index (χ2v) is 5.48. The van der Waals surface area contributed by atoms with Crippen LogP contribution in [0.25, 0.3) is 0 Å². The summed E-state index contributed by atoms with van der Waals surface area (Å²) in [5, 5.41) is 8.47. The molecule has 0 aromatic rings. The van der Waals surface area contributed by atoms with E-state index in [1.165, 1.54) is 25.7 Å². The van der Waals surface area contributed by atoms with Crippen molar-refractivity contribution >= 4 is 5.97 Å². The number of carbonyl (C=O) groups is 1. The van der Waals surface area contributed by atoms with Crippen LogP contribution in [0.3, 0.4) is 0 Å². The molecule has 0 aromatic heterocycles. The first-order valence-corrected chi connectivity index (χ1v) is 7.64. The Bertz CT molecular complexity index is 264. The highest BCUT2D eigenvalue weighted by Crippen LogP contribution is 2.08. The van der Waals surface area contributed by atoms with Gasteiger partial charge in [0.05, 0.1) is 0 Å². The Morgan fingerprint density at radius 1 is 0.895 bits per heavy atom. The van der Waals surface area contributed by atoms with E-state index in [0.717, 1.165) is 31.6 Å². The molecule has 0 rings (SSSR count). The van der Waals surface area contributed by atoms with Gasteiger partial charge in [-0.25, -0.2) is 0 Å². The molecule has 0 aliphatic rings. The molecule has 19 heavy (non-hydrogen) atoms. The average Bonchev–Trinajstić information content (AvgIpc) is 2.34. The van der Waals surface area contributed by atoms with Gasteiger partial charge in [0.1, 0.15) is 0 Å². The summed E-state index contributed by atoms with van der Waals surface area (Å²) in [7, 11) is 0. The lowest BCUT2D eigenvalue weighted by atomic mass is 10.1. The van der Waals surface area contributed by atoms with Gasteiger partial charge in [-0.2, -0.15) is 0 Å². The van der Waals surface area contributed by atoms with Gasteiger partial charge in [0.15, 0.2) is 0 Å². The minimum absolute atomic E-state index is 0.278. The Morgan fingerprint density at radius 2 is 1.42 bits per heavy atom. The standard InChI is InChI=1S/C17H30O2/c1-16(2)14-12-10-8-6-4-3-5-7-9-11-13-15-17(18)19/h4,6-7,9,16H,3,5,8,10-15H2,1-2H3,(H,18,19)/b6-4-,9-7-. The molecule has 0 unspecified atom stereocenters. The molecular formula is C17H30O2. The maximum Gasteiger partial charge on any atom is 0.303 e. The second kappa shape index (κ2) is 13.4. The molecule has 0 aliphatic carbocycles. The number of hydrogen-bond donors (Lipinski definition) is 1. The largest absolute Gasteiger partial charge is 0.481 e. The number of rotatable bonds is 12. The van der Waals surface area contributed by atoms with Gasteiger partial charge >= 0.3 is 5.97 Å². The fourth-order valence-corrected chi connectivity index (χ4v) is 1.85. The predicted octanol–water partition coefficient (Wildman–Crippen LogP) is 5.35. The monoisotopic (exact) mass is 266 g/mol. The smallest absolute Gasteiger partial charge is 0.303 e. The Kier molecular flexibility index (Phi) is 12.6. The first kappa shape index (κ1) is 17.9. The third-order valence-electron chi connectivity index (χ3n) is 3.00. The van der Waals surface area contributed by atoms with Crippen LogP contribution in [0, 0.1) is 5.92 Å². The molecule has 2 nitrogen and oxygen atoms in total. The molecule has 0 spiro atoms. The molecule has 0 saturated carbocycles. The average molecular weight is 266 g/mol. The van der Waals surface area contributed by atoms with Gasteiger partial charge in [-0.1, -0.05) is 51.0 Å². The van der Waals surface area contributed by atoms with Crippen LogP contribution in [0.4, 0.5) is 0 Å². The van der Waals surface area contributed by atoms with Crippen LogP contribution in [0.5, 0.6) is 0 Å². The predicted molar refractivity (Wildman–Crippen MR) is 82.3 cm³/mol. The first-order chi connectivity index (χ1) is 9.13. The van der Waals surface area contributed by atoms with Gasteiger partial charge in [0.25, 0.3) is 0 Å². The van der Waals surface area contributed by atoms with Gasteiger partial charge in [-0.15, -0.1) is 0 Å². The lowest BCUT2D eigenvalue weighted by molar-refractivity contribution is -0.137. The van der Waals surface area contributed by atoms with E-state index in [9.17, 15) is 4.79 Å². The van der Waals surface area contributed by atoms with Crippen molar-refractivity contribution in [2.45, 2.75) is 71.6 Å². The minimum atomic E-state index is -0.700. The first-order valence-electron chi connectivity index (χ1n) is 7.64. The zero-order valence-corrected chi connectivity index (χ0v) is 12.6. The highest BCUT2D eigenvalue weighted by molar-refractivity contribution is 5.66. The summed E-state index contributed by atoms with van der Waals surface area (Å²) in [4.78, 5) is 10.3. The summed E-state index contributed by atoms with van der Waals surface area (Å²) in [5.41, 5.74) is 0. The molecule has 0 aliphatic heterocycles. The van der Waals surface area contributed by atoms with Crippen molar-refractivity contribution in [2.75, 3.05) is 0 Å². The van der Waals surface area contributed by atoms with Crippen LogP contribution in [-0.4, -0.2) is 11.1 Å². The van der Waals surface area contributed by atoms with Gasteiger partial charge in [-0.05, 0) is 44.4 Å². The third-order valence-corrected chi connectivity index (χ3v) is 3.00. The van der Waals surface area contributed by atoms with Crippen molar-refractivity contribution in [3.8, 4) is 0 Å². The molecule has 0 radical (unpaired) electrons. The second-order valence-electron chi connectivity index (χ2n) is 5.48. The summed E-state index contributed by atoms with van der Waals surface area (Å²) in [6.07, 6.45) is 18.1. The molecule has 0 amide bonds. The van der Waals surface area contributed by atoms with Crippen LogP contribution in [0.1, 0.15) is 71.6 Å². The zero-order chi connectivity index (χ0) is 14.3. The van der Waals surface area contributed by atoms with Crippen molar-refractivity contribution in [1.29, 1.82) is 0 Å². The van der Waals surface area contributed by atoms with Crippen LogP contribution in [0.15, 0.2) is 24.3 Å². The summed E-state index contributed by atoms with van der Waals surface area (Å²) < 4.78 is 0. The third kappa shape index (κ3) is 16.9. The summed E-state index contributed by atoms with van der Waals surface area (Å²) >= 11 is 0. The maximum atomic E-state index is 10.3.